The van der Waals surface area contributed by atoms with E-state index in [0.717, 1.165) is 26.4 Å². The Balaban J connectivity index is 1.18. The van der Waals surface area contributed by atoms with Gasteiger partial charge in [-0.15, -0.1) is 11.8 Å². The zero-order valence-corrected chi connectivity index (χ0v) is 29.1. The molecular weight excluding hydrogens is 688 g/mol. The summed E-state index contributed by atoms with van der Waals surface area (Å²) < 4.78 is 6.52. The van der Waals surface area contributed by atoms with Gasteiger partial charge in [-0.2, -0.15) is 0 Å². The lowest BCUT2D eigenvalue weighted by Gasteiger charge is -2.16. The lowest BCUT2D eigenvalue weighted by Crippen LogP contribution is -2.30. The molecule has 250 valence electrons. The number of halogens is 1. The van der Waals surface area contributed by atoms with Crippen molar-refractivity contribution in [3.05, 3.63) is 155 Å². The summed E-state index contributed by atoms with van der Waals surface area (Å²) >= 11 is 8.94. The number of amides is 3. The third kappa shape index (κ3) is 8.97. The number of benzene rings is 5. The average Bonchev–Trinajstić information content (AvgIpc) is 3.53. The molecule has 1 unspecified atom stereocenters. The summed E-state index contributed by atoms with van der Waals surface area (Å²) in [5, 5.41) is 9.02. The highest BCUT2D eigenvalue weighted by Crippen LogP contribution is 2.38. The molecule has 6 rings (SSSR count). The van der Waals surface area contributed by atoms with Gasteiger partial charge in [0.15, 0.2) is 5.13 Å². The van der Waals surface area contributed by atoms with Crippen molar-refractivity contribution in [3.63, 3.8) is 0 Å². The Kier molecular flexibility index (Phi) is 11.2. The van der Waals surface area contributed by atoms with Crippen LogP contribution in [0.2, 0.25) is 5.02 Å². The van der Waals surface area contributed by atoms with E-state index in [0.29, 0.717) is 33.6 Å². The van der Waals surface area contributed by atoms with Gasteiger partial charge in [-0.25, -0.2) is 4.98 Å². The van der Waals surface area contributed by atoms with Crippen LogP contribution in [-0.4, -0.2) is 29.3 Å². The summed E-state index contributed by atoms with van der Waals surface area (Å²) in [6.07, 6.45) is 1.57. The quantitative estimate of drug-likeness (QED) is 0.0860. The first kappa shape index (κ1) is 34.4. The number of anilines is 2. The van der Waals surface area contributed by atoms with Crippen molar-refractivity contribution >= 4 is 79.5 Å². The maximum absolute atomic E-state index is 13.7. The summed E-state index contributed by atoms with van der Waals surface area (Å²) in [6, 6.07) is 38.0. The Bertz CT molecular complexity index is 2160. The Labute approximate surface area is 302 Å². The highest BCUT2D eigenvalue weighted by atomic mass is 35.5. The van der Waals surface area contributed by atoms with Gasteiger partial charge in [0.2, 0.25) is 5.91 Å². The Hall–Kier alpha value is -5.42. The SMILES string of the molecule is CCOc1ccc2nc(NC(=O)C(Sc3ccc(NC(=O)/C(=C/c4cccc(Cl)c4)NC(=O)c4ccccc4)cc3)c3ccccc3)sc2c1. The van der Waals surface area contributed by atoms with Crippen LogP contribution < -0.4 is 20.7 Å². The molecule has 1 atom stereocenters. The van der Waals surface area contributed by atoms with Gasteiger partial charge < -0.3 is 20.7 Å². The Morgan fingerprint density at radius 2 is 1.60 bits per heavy atom. The van der Waals surface area contributed by atoms with E-state index in [1.807, 2.05) is 73.7 Å². The van der Waals surface area contributed by atoms with Crippen LogP contribution in [0.15, 0.2) is 138 Å². The molecule has 0 spiro atoms. The third-order valence-corrected chi connectivity index (χ3v) is 9.73. The number of thiazole rings is 1. The minimum absolute atomic E-state index is 0.0457. The van der Waals surface area contributed by atoms with Crippen LogP contribution in [0.4, 0.5) is 10.8 Å². The van der Waals surface area contributed by atoms with Crippen molar-refractivity contribution in [3.8, 4) is 5.75 Å². The molecule has 1 aromatic heterocycles. The van der Waals surface area contributed by atoms with E-state index in [-0.39, 0.29) is 11.6 Å². The van der Waals surface area contributed by atoms with Gasteiger partial charge >= 0.3 is 0 Å². The highest BCUT2D eigenvalue weighted by molar-refractivity contribution is 8.00. The van der Waals surface area contributed by atoms with Crippen LogP contribution in [-0.2, 0) is 9.59 Å². The van der Waals surface area contributed by atoms with Crippen molar-refractivity contribution in [1.82, 2.24) is 10.3 Å². The second kappa shape index (κ2) is 16.3. The van der Waals surface area contributed by atoms with E-state index in [2.05, 4.69) is 20.9 Å². The zero-order valence-electron chi connectivity index (χ0n) is 26.8. The number of carbonyl (C=O) groups is 3. The van der Waals surface area contributed by atoms with Crippen molar-refractivity contribution < 1.29 is 19.1 Å². The standard InChI is InChI=1S/C39H31ClN4O4S2/c1-2-48-30-18-21-32-34(24-30)50-39(43-32)44-38(47)35(26-11-5-3-6-12-26)49-31-19-16-29(17-20-31)41-37(46)33(23-25-10-9-15-28(40)22-25)42-36(45)27-13-7-4-8-14-27/h3-24,35H,2H2,1H3,(H,41,46)(H,42,45)(H,43,44,47)/b33-23-. The van der Waals surface area contributed by atoms with E-state index < -0.39 is 17.1 Å². The van der Waals surface area contributed by atoms with E-state index in [9.17, 15) is 14.4 Å². The van der Waals surface area contributed by atoms with Crippen molar-refractivity contribution in [2.75, 3.05) is 17.2 Å². The number of ether oxygens (including phenoxy) is 1. The van der Waals surface area contributed by atoms with Gasteiger partial charge in [0.25, 0.3) is 11.8 Å². The van der Waals surface area contributed by atoms with E-state index in [1.165, 1.54) is 23.1 Å². The number of fused-ring (bicyclic) bond motifs is 1. The average molecular weight is 719 g/mol. The van der Waals surface area contributed by atoms with Gasteiger partial charge in [0.1, 0.15) is 16.7 Å². The molecule has 5 aromatic carbocycles. The van der Waals surface area contributed by atoms with Gasteiger partial charge in [-0.05, 0) is 90.9 Å². The summed E-state index contributed by atoms with van der Waals surface area (Å²) in [5.41, 5.74) is 3.22. The molecule has 11 heteroatoms. The summed E-state index contributed by atoms with van der Waals surface area (Å²) in [6.45, 7) is 2.49. The molecule has 3 N–H and O–H groups in total. The van der Waals surface area contributed by atoms with Crippen molar-refractivity contribution in [1.29, 1.82) is 0 Å². The van der Waals surface area contributed by atoms with Crippen molar-refractivity contribution in [2.24, 2.45) is 0 Å². The molecule has 8 nitrogen and oxygen atoms in total. The number of hydrogen-bond acceptors (Lipinski definition) is 7. The molecule has 0 aliphatic heterocycles. The minimum Gasteiger partial charge on any atom is -0.494 e. The molecule has 0 bridgehead atoms. The van der Waals surface area contributed by atoms with Crippen LogP contribution in [0.1, 0.15) is 33.7 Å². The molecule has 6 aromatic rings. The molecule has 0 aliphatic carbocycles. The van der Waals surface area contributed by atoms with E-state index >= 15 is 0 Å². The van der Waals surface area contributed by atoms with Crippen molar-refractivity contribution in [2.45, 2.75) is 17.1 Å². The highest BCUT2D eigenvalue weighted by Gasteiger charge is 2.24. The van der Waals surface area contributed by atoms with Gasteiger partial charge in [-0.3, -0.25) is 14.4 Å². The van der Waals surface area contributed by atoms with E-state index in [4.69, 9.17) is 16.3 Å². The topological polar surface area (TPSA) is 109 Å². The van der Waals surface area contributed by atoms with E-state index in [1.54, 1.807) is 66.7 Å². The molecule has 1 heterocycles. The zero-order chi connectivity index (χ0) is 34.9. The second-order valence-electron chi connectivity index (χ2n) is 10.9. The number of nitrogens with zero attached hydrogens (tertiary/aromatic N) is 1. The van der Waals surface area contributed by atoms with Gasteiger partial charge in [0, 0.05) is 21.2 Å². The fourth-order valence-corrected chi connectivity index (χ4v) is 7.06. The maximum atomic E-state index is 13.7. The first-order chi connectivity index (χ1) is 24.3. The molecule has 50 heavy (non-hydrogen) atoms. The number of thioether (sulfide) groups is 1. The maximum Gasteiger partial charge on any atom is 0.272 e. The van der Waals surface area contributed by atoms with Crippen LogP contribution in [0.3, 0.4) is 0 Å². The smallest absolute Gasteiger partial charge is 0.272 e. The first-order valence-electron chi connectivity index (χ1n) is 15.7. The number of hydrogen-bond donors (Lipinski definition) is 3. The fraction of sp³-hybridized carbons (Fsp3) is 0.0769. The predicted octanol–water partition coefficient (Wildman–Crippen LogP) is 9.23. The molecule has 0 radical (unpaired) electrons. The summed E-state index contributed by atoms with van der Waals surface area (Å²) in [7, 11) is 0. The third-order valence-electron chi connectivity index (χ3n) is 7.30. The van der Waals surface area contributed by atoms with Gasteiger partial charge in [0.05, 0.1) is 16.8 Å². The Morgan fingerprint density at radius 1 is 0.860 bits per heavy atom. The monoisotopic (exact) mass is 718 g/mol. The Morgan fingerprint density at radius 3 is 2.32 bits per heavy atom. The second-order valence-corrected chi connectivity index (χ2v) is 13.5. The number of aromatic nitrogens is 1. The summed E-state index contributed by atoms with van der Waals surface area (Å²) in [4.78, 5) is 45.6. The normalized spacial score (nSPS) is 11.8. The number of nitrogens with one attached hydrogen (secondary N) is 3. The van der Waals surface area contributed by atoms with Crippen LogP contribution >= 0.6 is 34.7 Å². The first-order valence-corrected chi connectivity index (χ1v) is 17.7. The molecule has 0 saturated heterocycles. The van der Waals surface area contributed by atoms with Gasteiger partial charge in [-0.1, -0.05) is 83.6 Å². The molecule has 0 aliphatic rings. The molecule has 0 saturated carbocycles. The molecule has 3 amide bonds. The largest absolute Gasteiger partial charge is 0.494 e. The molecular formula is C39H31ClN4O4S2. The van der Waals surface area contributed by atoms with Crippen LogP contribution in [0, 0.1) is 0 Å². The molecule has 0 fully saturated rings. The lowest BCUT2D eigenvalue weighted by atomic mass is 10.1. The van der Waals surface area contributed by atoms with Crippen LogP contribution in [0.5, 0.6) is 5.75 Å². The number of rotatable bonds is 12. The number of carbonyl (C=O) groups excluding carboxylic acids is 3. The predicted molar refractivity (Wildman–Crippen MR) is 203 cm³/mol. The fourth-order valence-electron chi connectivity index (χ4n) is 4.94. The van der Waals surface area contributed by atoms with Crippen LogP contribution in [0.25, 0.3) is 16.3 Å². The minimum atomic E-state index is -0.580. The lowest BCUT2D eigenvalue weighted by molar-refractivity contribution is -0.116. The summed E-state index contributed by atoms with van der Waals surface area (Å²) in [5.74, 6) is -0.399.